The fourth-order valence-corrected chi connectivity index (χ4v) is 3.79. The normalized spacial score (nSPS) is 16.2. The van der Waals surface area contributed by atoms with E-state index < -0.39 is 0 Å². The van der Waals surface area contributed by atoms with Gasteiger partial charge in [0.15, 0.2) is 0 Å². The lowest BCUT2D eigenvalue weighted by Gasteiger charge is -2.25. The number of hydrogen-bond acceptors (Lipinski definition) is 5. The maximum absolute atomic E-state index is 12.9. The smallest absolute Gasteiger partial charge is 0.247 e. The van der Waals surface area contributed by atoms with E-state index in [4.69, 9.17) is 9.15 Å². The third-order valence-electron chi connectivity index (χ3n) is 5.37. The van der Waals surface area contributed by atoms with Crippen LogP contribution in [0.1, 0.15) is 42.3 Å². The number of likely N-dealkylation sites (tertiary alicyclic amines) is 1. The second-order valence-electron chi connectivity index (χ2n) is 7.39. The van der Waals surface area contributed by atoms with Crippen LogP contribution in [-0.2, 0) is 11.2 Å². The molecule has 6 heteroatoms. The van der Waals surface area contributed by atoms with Gasteiger partial charge in [0, 0.05) is 24.9 Å². The van der Waals surface area contributed by atoms with Crippen LogP contribution in [0.4, 0.5) is 0 Å². The van der Waals surface area contributed by atoms with Crippen molar-refractivity contribution < 1.29 is 13.9 Å². The van der Waals surface area contributed by atoms with Gasteiger partial charge in [-0.2, -0.15) is 0 Å². The Bertz CT molecular complexity index is 981. The molecule has 4 rings (SSSR count). The van der Waals surface area contributed by atoms with E-state index >= 15 is 0 Å². The molecule has 1 amide bonds. The summed E-state index contributed by atoms with van der Waals surface area (Å²) in [6.07, 6.45) is 2.78. The number of methoxy groups -OCH3 is 1. The van der Waals surface area contributed by atoms with Crippen LogP contribution < -0.4 is 4.74 Å². The van der Waals surface area contributed by atoms with Gasteiger partial charge in [0.2, 0.25) is 17.7 Å². The molecule has 0 spiro atoms. The number of nitrogens with zero attached hydrogens (tertiary/aromatic N) is 3. The van der Waals surface area contributed by atoms with Crippen molar-refractivity contribution in [3.63, 3.8) is 0 Å². The SMILES string of the molecule is COc1cccc(C2CCCN2C(=O)CCc2nnc(-c3ccc(C)cc3)o2)c1. The lowest BCUT2D eigenvalue weighted by atomic mass is 10.0. The van der Waals surface area contributed by atoms with Crippen LogP contribution in [-0.4, -0.2) is 34.7 Å². The molecule has 0 aliphatic carbocycles. The van der Waals surface area contributed by atoms with Crippen molar-refractivity contribution in [1.82, 2.24) is 15.1 Å². The molecule has 6 nitrogen and oxygen atoms in total. The van der Waals surface area contributed by atoms with Crippen molar-refractivity contribution in [2.24, 2.45) is 0 Å². The van der Waals surface area contributed by atoms with Gasteiger partial charge < -0.3 is 14.1 Å². The van der Waals surface area contributed by atoms with Crippen molar-refractivity contribution in [2.45, 2.75) is 38.6 Å². The molecule has 0 bridgehead atoms. The Kier molecular flexibility index (Phi) is 5.60. The highest BCUT2D eigenvalue weighted by Gasteiger charge is 2.30. The maximum Gasteiger partial charge on any atom is 0.247 e. The van der Waals surface area contributed by atoms with E-state index in [1.165, 1.54) is 5.56 Å². The average molecular weight is 391 g/mol. The molecule has 0 radical (unpaired) electrons. The summed E-state index contributed by atoms with van der Waals surface area (Å²) in [7, 11) is 1.66. The highest BCUT2D eigenvalue weighted by atomic mass is 16.5. The van der Waals surface area contributed by atoms with Crippen LogP contribution in [0, 0.1) is 6.92 Å². The molecule has 1 aliphatic heterocycles. The summed E-state index contributed by atoms with van der Waals surface area (Å²) in [6.45, 7) is 2.81. The zero-order valence-electron chi connectivity index (χ0n) is 16.8. The second kappa shape index (κ2) is 8.47. The predicted octanol–water partition coefficient (Wildman–Crippen LogP) is 4.35. The molecule has 1 unspecified atom stereocenters. The first-order chi connectivity index (χ1) is 14.1. The van der Waals surface area contributed by atoms with Crippen molar-refractivity contribution in [2.75, 3.05) is 13.7 Å². The largest absolute Gasteiger partial charge is 0.497 e. The topological polar surface area (TPSA) is 68.5 Å². The van der Waals surface area contributed by atoms with Gasteiger partial charge >= 0.3 is 0 Å². The Labute approximate surface area is 170 Å². The van der Waals surface area contributed by atoms with Crippen LogP contribution in [0.3, 0.4) is 0 Å². The number of hydrogen-bond donors (Lipinski definition) is 0. The molecule has 2 heterocycles. The monoisotopic (exact) mass is 391 g/mol. The standard InChI is InChI=1S/C23H25N3O3/c1-16-8-10-17(11-9-16)23-25-24-21(29-23)12-13-22(27)26-14-4-7-20(26)18-5-3-6-19(15-18)28-2/h3,5-6,8-11,15,20H,4,7,12-14H2,1-2H3. The molecule has 1 aromatic heterocycles. The number of aromatic nitrogens is 2. The molecule has 150 valence electrons. The molecule has 0 N–H and O–H groups in total. The summed E-state index contributed by atoms with van der Waals surface area (Å²) >= 11 is 0. The highest BCUT2D eigenvalue weighted by Crippen LogP contribution is 2.34. The van der Waals surface area contributed by atoms with E-state index in [1.807, 2.05) is 54.3 Å². The average Bonchev–Trinajstić information content (AvgIpc) is 3.42. The Morgan fingerprint density at radius 1 is 1.21 bits per heavy atom. The number of carbonyl (C=O) groups is 1. The predicted molar refractivity (Wildman–Crippen MR) is 109 cm³/mol. The third kappa shape index (κ3) is 4.31. The summed E-state index contributed by atoms with van der Waals surface area (Å²) in [4.78, 5) is 14.8. The van der Waals surface area contributed by atoms with Crippen LogP contribution in [0.25, 0.3) is 11.5 Å². The minimum atomic E-state index is 0.100. The second-order valence-corrected chi connectivity index (χ2v) is 7.39. The minimum Gasteiger partial charge on any atom is -0.497 e. The first-order valence-electron chi connectivity index (χ1n) is 9.97. The molecule has 1 saturated heterocycles. The summed E-state index contributed by atoms with van der Waals surface area (Å²) in [5.41, 5.74) is 3.18. The minimum absolute atomic E-state index is 0.100. The fourth-order valence-electron chi connectivity index (χ4n) is 3.79. The number of carbonyl (C=O) groups excluding carboxylic acids is 1. The third-order valence-corrected chi connectivity index (χ3v) is 5.37. The van der Waals surface area contributed by atoms with Gasteiger partial charge in [-0.1, -0.05) is 29.8 Å². The van der Waals surface area contributed by atoms with Crippen molar-refractivity contribution in [3.8, 4) is 17.2 Å². The van der Waals surface area contributed by atoms with Crippen molar-refractivity contribution in [3.05, 3.63) is 65.5 Å². The molecule has 1 atom stereocenters. The molecule has 1 aliphatic rings. The quantitative estimate of drug-likeness (QED) is 0.625. The first kappa shape index (κ1) is 19.2. The lowest BCUT2D eigenvalue weighted by molar-refractivity contribution is -0.132. The summed E-state index contributed by atoms with van der Waals surface area (Å²) < 4.78 is 11.1. The number of amides is 1. The Balaban J connectivity index is 1.39. The fraction of sp³-hybridized carbons (Fsp3) is 0.348. The number of aryl methyl sites for hydroxylation is 2. The van der Waals surface area contributed by atoms with E-state index in [9.17, 15) is 4.79 Å². The van der Waals surface area contributed by atoms with Gasteiger partial charge in [-0.3, -0.25) is 4.79 Å². The number of rotatable bonds is 6. The maximum atomic E-state index is 12.9. The first-order valence-corrected chi connectivity index (χ1v) is 9.97. The molecule has 1 fully saturated rings. The van der Waals surface area contributed by atoms with Gasteiger partial charge in [-0.15, -0.1) is 10.2 Å². The zero-order chi connectivity index (χ0) is 20.2. The molecular formula is C23H25N3O3. The van der Waals surface area contributed by atoms with Crippen LogP contribution in [0.5, 0.6) is 5.75 Å². The van der Waals surface area contributed by atoms with Crippen LogP contribution >= 0.6 is 0 Å². The van der Waals surface area contributed by atoms with E-state index in [2.05, 4.69) is 16.3 Å². The molecule has 0 saturated carbocycles. The number of benzene rings is 2. The Hall–Kier alpha value is -3.15. The number of ether oxygens (including phenoxy) is 1. The van der Waals surface area contributed by atoms with Gasteiger partial charge in [0.1, 0.15) is 5.75 Å². The summed E-state index contributed by atoms with van der Waals surface area (Å²) in [6, 6.07) is 16.0. The molecular weight excluding hydrogens is 366 g/mol. The van der Waals surface area contributed by atoms with Gasteiger partial charge in [0.05, 0.1) is 13.2 Å². The summed E-state index contributed by atoms with van der Waals surface area (Å²) in [5.74, 6) is 1.91. The van der Waals surface area contributed by atoms with Gasteiger partial charge in [-0.05, 0) is 49.6 Å². The van der Waals surface area contributed by atoms with Gasteiger partial charge in [0.25, 0.3) is 0 Å². The molecule has 29 heavy (non-hydrogen) atoms. The molecule has 3 aromatic rings. The lowest BCUT2D eigenvalue weighted by Crippen LogP contribution is -2.30. The van der Waals surface area contributed by atoms with E-state index in [0.29, 0.717) is 24.6 Å². The highest BCUT2D eigenvalue weighted by molar-refractivity contribution is 5.77. The van der Waals surface area contributed by atoms with E-state index in [0.717, 1.165) is 36.3 Å². The van der Waals surface area contributed by atoms with Crippen LogP contribution in [0.15, 0.2) is 52.9 Å². The Morgan fingerprint density at radius 3 is 2.83 bits per heavy atom. The van der Waals surface area contributed by atoms with E-state index in [1.54, 1.807) is 7.11 Å². The molecule has 2 aromatic carbocycles. The van der Waals surface area contributed by atoms with Crippen molar-refractivity contribution in [1.29, 1.82) is 0 Å². The van der Waals surface area contributed by atoms with Crippen molar-refractivity contribution >= 4 is 5.91 Å². The van der Waals surface area contributed by atoms with Gasteiger partial charge in [-0.25, -0.2) is 0 Å². The van der Waals surface area contributed by atoms with E-state index in [-0.39, 0.29) is 11.9 Å². The Morgan fingerprint density at radius 2 is 2.03 bits per heavy atom. The van der Waals surface area contributed by atoms with Crippen LogP contribution in [0.2, 0.25) is 0 Å². The summed E-state index contributed by atoms with van der Waals surface area (Å²) in [5, 5.41) is 8.23. The zero-order valence-corrected chi connectivity index (χ0v) is 16.8.